The molecule has 4 N–H and O–H groups in total. The highest BCUT2D eigenvalue weighted by Gasteiger charge is 2.10. The predicted molar refractivity (Wildman–Crippen MR) is 92.7 cm³/mol. The first-order valence-corrected chi connectivity index (χ1v) is 7.18. The number of hydrogen-bond acceptors (Lipinski definition) is 3. The fourth-order valence-electron chi connectivity index (χ4n) is 2.22. The van der Waals surface area contributed by atoms with Gasteiger partial charge in [0.2, 0.25) is 0 Å². The predicted octanol–water partition coefficient (Wildman–Crippen LogP) is 3.89. The van der Waals surface area contributed by atoms with Gasteiger partial charge in [0.05, 0.1) is 11.4 Å². The van der Waals surface area contributed by atoms with Crippen LogP contribution in [0.25, 0.3) is 0 Å². The van der Waals surface area contributed by atoms with Gasteiger partial charge in [-0.3, -0.25) is 4.99 Å². The number of hydrogen-bond donors (Lipinski definition) is 2. The van der Waals surface area contributed by atoms with Gasteiger partial charge in [-0.15, -0.1) is 0 Å². The molecule has 0 radical (unpaired) electrons. The summed E-state index contributed by atoms with van der Waals surface area (Å²) in [6.45, 7) is 9.54. The van der Waals surface area contributed by atoms with Crippen LogP contribution in [0.2, 0.25) is 0 Å². The molecule has 3 nitrogen and oxygen atoms in total. The first-order chi connectivity index (χ1) is 10.0. The van der Waals surface area contributed by atoms with Crippen molar-refractivity contribution in [2.24, 2.45) is 16.5 Å². The van der Waals surface area contributed by atoms with E-state index >= 15 is 0 Å². The van der Waals surface area contributed by atoms with Crippen LogP contribution in [-0.4, -0.2) is 5.71 Å². The third kappa shape index (κ3) is 4.63. The summed E-state index contributed by atoms with van der Waals surface area (Å²) < 4.78 is 0. The molecule has 0 unspecified atom stereocenters. The highest BCUT2D eigenvalue weighted by molar-refractivity contribution is 5.94. The molecule has 3 heteroatoms. The first-order valence-electron chi connectivity index (χ1n) is 7.18. The van der Waals surface area contributed by atoms with E-state index < -0.39 is 0 Å². The minimum atomic E-state index is 0.636. The summed E-state index contributed by atoms with van der Waals surface area (Å²) in [5.74, 6) is 0. The number of nitrogens with two attached hydrogens (primary N) is 2. The van der Waals surface area contributed by atoms with Crippen LogP contribution in [0, 0.1) is 0 Å². The van der Waals surface area contributed by atoms with Crippen molar-refractivity contribution in [3.05, 3.63) is 71.3 Å². The van der Waals surface area contributed by atoms with Crippen molar-refractivity contribution in [1.82, 2.24) is 0 Å². The monoisotopic (exact) mass is 283 g/mol. The van der Waals surface area contributed by atoms with Crippen LogP contribution < -0.4 is 11.5 Å². The Morgan fingerprint density at radius 3 is 2.57 bits per heavy atom. The van der Waals surface area contributed by atoms with Crippen molar-refractivity contribution in [2.75, 3.05) is 0 Å². The molecule has 1 aliphatic carbocycles. The fraction of sp³-hybridized carbons (Fsp3) is 0.278. The van der Waals surface area contributed by atoms with E-state index in [1.54, 1.807) is 6.20 Å². The molecule has 0 aromatic rings. The van der Waals surface area contributed by atoms with Gasteiger partial charge in [-0.05, 0) is 49.5 Å². The lowest BCUT2D eigenvalue weighted by atomic mass is 9.93. The Hall–Kier alpha value is -2.29. The molecule has 0 spiro atoms. The van der Waals surface area contributed by atoms with Gasteiger partial charge in [-0.25, -0.2) is 0 Å². The Morgan fingerprint density at radius 1 is 1.38 bits per heavy atom. The van der Waals surface area contributed by atoms with Crippen molar-refractivity contribution >= 4 is 5.71 Å². The second-order valence-corrected chi connectivity index (χ2v) is 4.86. The minimum Gasteiger partial charge on any atom is -0.397 e. The topological polar surface area (TPSA) is 64.4 Å². The number of allylic oxidation sites excluding steroid dienone is 8. The maximum atomic E-state index is 6.14. The SMILES string of the molecule is C=C/N=C(C)\C=C1\C=CC(/C(CC)=C(N)/C(N)=C\C)=CC1. The molecule has 1 rings (SSSR count). The zero-order chi connectivity index (χ0) is 15.8. The van der Waals surface area contributed by atoms with Crippen molar-refractivity contribution in [1.29, 1.82) is 0 Å². The Kier molecular flexibility index (Phi) is 6.47. The zero-order valence-electron chi connectivity index (χ0n) is 13.2. The second-order valence-electron chi connectivity index (χ2n) is 4.86. The summed E-state index contributed by atoms with van der Waals surface area (Å²) in [5, 5.41) is 0. The molecule has 1 aliphatic rings. The summed E-state index contributed by atoms with van der Waals surface area (Å²) in [6, 6.07) is 0. The van der Waals surface area contributed by atoms with Gasteiger partial charge in [0.15, 0.2) is 0 Å². The Bertz CT molecular complexity index is 582. The van der Waals surface area contributed by atoms with Crippen LogP contribution in [0.1, 0.15) is 33.6 Å². The summed E-state index contributed by atoms with van der Waals surface area (Å²) >= 11 is 0. The van der Waals surface area contributed by atoms with Crippen molar-refractivity contribution in [2.45, 2.75) is 33.6 Å². The molecule has 0 saturated heterocycles. The van der Waals surface area contributed by atoms with Gasteiger partial charge in [0, 0.05) is 11.9 Å². The summed E-state index contributed by atoms with van der Waals surface area (Å²) in [4.78, 5) is 4.15. The molecular weight excluding hydrogens is 258 g/mol. The van der Waals surface area contributed by atoms with Gasteiger partial charge >= 0.3 is 0 Å². The van der Waals surface area contributed by atoms with E-state index in [2.05, 4.69) is 42.8 Å². The molecule has 0 aliphatic heterocycles. The summed E-state index contributed by atoms with van der Waals surface area (Å²) in [6.07, 6.45) is 13.5. The highest BCUT2D eigenvalue weighted by atomic mass is 14.7. The molecule has 112 valence electrons. The normalized spacial score (nSPS) is 19.4. The van der Waals surface area contributed by atoms with E-state index in [4.69, 9.17) is 11.5 Å². The Morgan fingerprint density at radius 2 is 2.10 bits per heavy atom. The zero-order valence-corrected chi connectivity index (χ0v) is 13.2. The third-order valence-corrected chi connectivity index (χ3v) is 3.37. The Balaban J connectivity index is 3.01. The lowest BCUT2D eigenvalue weighted by Gasteiger charge is -2.15. The molecule has 0 bridgehead atoms. The quantitative estimate of drug-likeness (QED) is 0.594. The molecule has 0 amide bonds. The minimum absolute atomic E-state index is 0.636. The molecule has 0 fully saturated rings. The molecule has 21 heavy (non-hydrogen) atoms. The smallest absolute Gasteiger partial charge is 0.0582 e. The number of nitrogens with zero attached hydrogens (tertiary/aromatic N) is 1. The second kappa shape index (κ2) is 8.10. The van der Waals surface area contributed by atoms with Crippen LogP contribution in [0.4, 0.5) is 0 Å². The van der Waals surface area contributed by atoms with Gasteiger partial charge in [0.1, 0.15) is 0 Å². The van der Waals surface area contributed by atoms with Crippen molar-refractivity contribution in [3.8, 4) is 0 Å². The average Bonchev–Trinajstić information content (AvgIpc) is 2.49. The largest absolute Gasteiger partial charge is 0.397 e. The Labute approximate surface area is 127 Å². The van der Waals surface area contributed by atoms with Crippen molar-refractivity contribution in [3.63, 3.8) is 0 Å². The van der Waals surface area contributed by atoms with E-state index in [1.165, 1.54) is 5.57 Å². The number of aliphatic imine (C=N–C) groups is 1. The maximum Gasteiger partial charge on any atom is 0.0582 e. The van der Waals surface area contributed by atoms with Crippen LogP contribution in [0.5, 0.6) is 0 Å². The standard InChI is InChI=1S/C18H25N3/c1-5-16(18(20)17(19)6-2)15-10-8-14(9-11-15)12-13(4)21-7-3/h6-8,10-12H,3,5,9,19-20H2,1-2,4H3/b14-12-,17-6+,18-16-,21-13-. The van der Waals surface area contributed by atoms with E-state index in [1.807, 2.05) is 19.9 Å². The van der Waals surface area contributed by atoms with Gasteiger partial charge in [0.25, 0.3) is 0 Å². The molecule has 0 saturated carbocycles. The van der Waals surface area contributed by atoms with Crippen LogP contribution in [0.3, 0.4) is 0 Å². The molecular formula is C18H25N3. The molecule has 0 atom stereocenters. The lowest BCUT2D eigenvalue weighted by molar-refractivity contribution is 1.04. The third-order valence-electron chi connectivity index (χ3n) is 3.37. The maximum absolute atomic E-state index is 6.14. The van der Waals surface area contributed by atoms with E-state index in [0.29, 0.717) is 11.4 Å². The summed E-state index contributed by atoms with van der Waals surface area (Å²) in [5.41, 5.74) is 17.8. The lowest BCUT2D eigenvalue weighted by Crippen LogP contribution is -2.13. The summed E-state index contributed by atoms with van der Waals surface area (Å²) in [7, 11) is 0. The van der Waals surface area contributed by atoms with E-state index in [9.17, 15) is 0 Å². The van der Waals surface area contributed by atoms with Crippen molar-refractivity contribution < 1.29 is 0 Å². The van der Waals surface area contributed by atoms with E-state index in [-0.39, 0.29) is 0 Å². The molecule has 0 heterocycles. The first kappa shape index (κ1) is 16.8. The number of rotatable bonds is 5. The fourth-order valence-corrected chi connectivity index (χ4v) is 2.22. The van der Waals surface area contributed by atoms with Gasteiger partial charge < -0.3 is 11.5 Å². The highest BCUT2D eigenvalue weighted by Crippen LogP contribution is 2.25. The van der Waals surface area contributed by atoms with Crippen LogP contribution >= 0.6 is 0 Å². The average molecular weight is 283 g/mol. The van der Waals surface area contributed by atoms with Gasteiger partial charge in [-0.2, -0.15) is 0 Å². The molecule has 0 aromatic heterocycles. The van der Waals surface area contributed by atoms with E-state index in [0.717, 1.165) is 29.7 Å². The molecule has 0 aromatic carbocycles. The van der Waals surface area contributed by atoms with Crippen LogP contribution in [-0.2, 0) is 0 Å². The van der Waals surface area contributed by atoms with Crippen LogP contribution in [0.15, 0.2) is 76.3 Å². The van der Waals surface area contributed by atoms with Gasteiger partial charge in [-0.1, -0.05) is 37.8 Å².